The highest BCUT2D eigenvalue weighted by Gasteiger charge is 2.26. The minimum atomic E-state index is 0.0328. The fourth-order valence-electron chi connectivity index (χ4n) is 3.77. The highest BCUT2D eigenvalue weighted by Crippen LogP contribution is 2.25. The van der Waals surface area contributed by atoms with Crippen LogP contribution in [-0.4, -0.2) is 29.2 Å². The van der Waals surface area contributed by atoms with Gasteiger partial charge in [0, 0.05) is 30.3 Å². The van der Waals surface area contributed by atoms with Crippen LogP contribution in [0.15, 0.2) is 60.7 Å². The first-order valence-electron chi connectivity index (χ1n) is 10.1. The van der Waals surface area contributed by atoms with E-state index in [-0.39, 0.29) is 11.8 Å². The molecule has 5 heteroatoms. The van der Waals surface area contributed by atoms with Gasteiger partial charge in [-0.25, -0.2) is 0 Å². The molecule has 1 N–H and O–H groups in total. The van der Waals surface area contributed by atoms with Crippen LogP contribution in [0.5, 0.6) is 0 Å². The number of aryl methyl sites for hydroxylation is 2. The summed E-state index contributed by atoms with van der Waals surface area (Å²) in [5.74, 6) is 1.02. The zero-order valence-corrected chi connectivity index (χ0v) is 16.9. The second-order valence-corrected chi connectivity index (χ2v) is 7.71. The number of carbonyl (C=O) groups excluding carboxylic acids is 1. The lowest BCUT2D eigenvalue weighted by atomic mass is 9.95. The molecular weight excluding hydrogens is 360 g/mol. The first kappa shape index (κ1) is 19.1. The number of amides is 1. The van der Waals surface area contributed by atoms with Crippen molar-refractivity contribution in [2.45, 2.75) is 26.7 Å². The van der Waals surface area contributed by atoms with Crippen LogP contribution in [0.4, 0.5) is 11.5 Å². The average molecular weight is 386 g/mol. The molecule has 29 heavy (non-hydrogen) atoms. The molecule has 4 rings (SSSR count). The average Bonchev–Trinajstić information content (AvgIpc) is 2.75. The van der Waals surface area contributed by atoms with Crippen LogP contribution in [0.3, 0.4) is 0 Å². The molecule has 1 fully saturated rings. The molecule has 1 aliphatic rings. The van der Waals surface area contributed by atoms with Crippen LogP contribution in [0.25, 0.3) is 11.3 Å². The lowest BCUT2D eigenvalue weighted by Gasteiger charge is -2.32. The maximum absolute atomic E-state index is 12.6. The second-order valence-electron chi connectivity index (χ2n) is 7.71. The SMILES string of the molecule is Cc1cccc(-c2ccc(N3CCC(C(=O)Nc4ccccc4C)CC3)nn2)c1. The van der Waals surface area contributed by atoms with E-state index in [1.54, 1.807) is 0 Å². The smallest absolute Gasteiger partial charge is 0.227 e. The summed E-state index contributed by atoms with van der Waals surface area (Å²) in [5, 5.41) is 11.9. The monoisotopic (exact) mass is 386 g/mol. The maximum Gasteiger partial charge on any atom is 0.227 e. The molecule has 0 spiro atoms. The van der Waals surface area contributed by atoms with E-state index in [0.717, 1.165) is 54.3 Å². The second kappa shape index (κ2) is 8.43. The van der Waals surface area contributed by atoms with Crippen molar-refractivity contribution in [3.8, 4) is 11.3 Å². The summed E-state index contributed by atoms with van der Waals surface area (Å²) in [6.45, 7) is 5.71. The van der Waals surface area contributed by atoms with Gasteiger partial charge in [0.2, 0.25) is 5.91 Å². The van der Waals surface area contributed by atoms with E-state index in [9.17, 15) is 4.79 Å². The van der Waals surface area contributed by atoms with Crippen molar-refractivity contribution < 1.29 is 4.79 Å². The van der Waals surface area contributed by atoms with Crippen molar-refractivity contribution >= 4 is 17.4 Å². The first-order valence-corrected chi connectivity index (χ1v) is 10.1. The molecular formula is C24H26N4O. The minimum Gasteiger partial charge on any atom is -0.355 e. The predicted octanol–water partition coefficient (Wildman–Crippen LogP) is 4.62. The van der Waals surface area contributed by atoms with Gasteiger partial charge in [0.15, 0.2) is 5.82 Å². The summed E-state index contributed by atoms with van der Waals surface area (Å²) in [7, 11) is 0. The van der Waals surface area contributed by atoms with Gasteiger partial charge < -0.3 is 10.2 Å². The Hall–Kier alpha value is -3.21. The minimum absolute atomic E-state index is 0.0328. The molecule has 0 saturated carbocycles. The number of hydrogen-bond donors (Lipinski definition) is 1. The number of carbonyl (C=O) groups is 1. The van der Waals surface area contributed by atoms with Crippen LogP contribution in [0, 0.1) is 19.8 Å². The topological polar surface area (TPSA) is 58.1 Å². The predicted molar refractivity (Wildman–Crippen MR) is 117 cm³/mol. The number of rotatable bonds is 4. The van der Waals surface area contributed by atoms with Crippen molar-refractivity contribution in [1.29, 1.82) is 0 Å². The van der Waals surface area contributed by atoms with Gasteiger partial charge in [0.1, 0.15) is 0 Å². The standard InChI is InChI=1S/C24H26N4O/c1-17-6-5-8-20(16-17)22-10-11-23(27-26-22)28-14-12-19(13-15-28)24(29)25-21-9-4-3-7-18(21)2/h3-11,16,19H,12-15H2,1-2H3,(H,25,29). The van der Waals surface area contributed by atoms with Crippen molar-refractivity contribution in [3.63, 3.8) is 0 Å². The van der Waals surface area contributed by atoms with Crippen molar-refractivity contribution in [2.24, 2.45) is 5.92 Å². The van der Waals surface area contributed by atoms with E-state index in [1.165, 1.54) is 5.56 Å². The highest BCUT2D eigenvalue weighted by atomic mass is 16.1. The molecule has 148 valence electrons. The van der Waals surface area contributed by atoms with E-state index < -0.39 is 0 Å². The molecule has 0 radical (unpaired) electrons. The largest absolute Gasteiger partial charge is 0.355 e. The molecule has 0 bridgehead atoms. The summed E-state index contributed by atoms with van der Waals surface area (Å²) in [6, 6.07) is 20.2. The third-order valence-electron chi connectivity index (χ3n) is 5.56. The number of aromatic nitrogens is 2. The van der Waals surface area contributed by atoms with Crippen LogP contribution < -0.4 is 10.2 Å². The summed E-state index contributed by atoms with van der Waals surface area (Å²) in [4.78, 5) is 14.8. The molecule has 0 unspecified atom stereocenters. The number of piperidine rings is 1. The van der Waals surface area contributed by atoms with Gasteiger partial charge >= 0.3 is 0 Å². The van der Waals surface area contributed by atoms with Gasteiger partial charge in [0.25, 0.3) is 0 Å². The Bertz CT molecular complexity index is 992. The van der Waals surface area contributed by atoms with Crippen LogP contribution in [0.1, 0.15) is 24.0 Å². The zero-order chi connectivity index (χ0) is 20.2. The van der Waals surface area contributed by atoms with Crippen molar-refractivity contribution in [2.75, 3.05) is 23.3 Å². The Morgan fingerprint density at radius 1 is 0.966 bits per heavy atom. The molecule has 1 aliphatic heterocycles. The van der Waals surface area contributed by atoms with E-state index in [4.69, 9.17) is 0 Å². The number of benzene rings is 2. The summed E-state index contributed by atoms with van der Waals surface area (Å²) in [5.41, 5.74) is 5.15. The molecule has 2 heterocycles. The zero-order valence-electron chi connectivity index (χ0n) is 16.9. The van der Waals surface area contributed by atoms with Crippen LogP contribution in [0.2, 0.25) is 0 Å². The summed E-state index contributed by atoms with van der Waals surface area (Å²) in [6.07, 6.45) is 1.64. The number of hydrogen-bond acceptors (Lipinski definition) is 4. The Morgan fingerprint density at radius 2 is 1.76 bits per heavy atom. The van der Waals surface area contributed by atoms with Gasteiger partial charge in [-0.3, -0.25) is 4.79 Å². The number of nitrogens with zero attached hydrogens (tertiary/aromatic N) is 3. The first-order chi connectivity index (χ1) is 14.1. The van der Waals surface area contributed by atoms with E-state index >= 15 is 0 Å². The van der Waals surface area contributed by atoms with Gasteiger partial charge in [-0.15, -0.1) is 10.2 Å². The Kier molecular flexibility index (Phi) is 5.56. The van der Waals surface area contributed by atoms with Crippen LogP contribution >= 0.6 is 0 Å². The Morgan fingerprint density at radius 3 is 2.45 bits per heavy atom. The normalized spacial score (nSPS) is 14.6. The van der Waals surface area contributed by atoms with Gasteiger partial charge in [-0.1, -0.05) is 42.0 Å². The van der Waals surface area contributed by atoms with Gasteiger partial charge in [0.05, 0.1) is 5.69 Å². The quantitative estimate of drug-likeness (QED) is 0.711. The third kappa shape index (κ3) is 4.45. The number of anilines is 2. The van der Waals surface area contributed by atoms with E-state index in [1.807, 2.05) is 49.4 Å². The Labute approximate surface area is 171 Å². The molecule has 2 aromatic carbocycles. The van der Waals surface area contributed by atoms with Crippen LogP contribution in [-0.2, 0) is 4.79 Å². The molecule has 0 atom stereocenters. The lowest BCUT2D eigenvalue weighted by molar-refractivity contribution is -0.120. The molecule has 3 aromatic rings. The molecule has 1 amide bonds. The summed E-state index contributed by atoms with van der Waals surface area (Å²) >= 11 is 0. The summed E-state index contributed by atoms with van der Waals surface area (Å²) < 4.78 is 0. The third-order valence-corrected chi connectivity index (χ3v) is 5.56. The van der Waals surface area contributed by atoms with Crippen molar-refractivity contribution in [1.82, 2.24) is 10.2 Å². The molecule has 1 aromatic heterocycles. The highest BCUT2D eigenvalue weighted by molar-refractivity contribution is 5.93. The fourth-order valence-corrected chi connectivity index (χ4v) is 3.77. The fraction of sp³-hybridized carbons (Fsp3) is 0.292. The maximum atomic E-state index is 12.6. The van der Waals surface area contributed by atoms with E-state index in [2.05, 4.69) is 45.5 Å². The molecule has 5 nitrogen and oxygen atoms in total. The van der Waals surface area contributed by atoms with E-state index in [0.29, 0.717) is 0 Å². The lowest BCUT2D eigenvalue weighted by Crippen LogP contribution is -2.38. The van der Waals surface area contributed by atoms with Gasteiger partial charge in [-0.2, -0.15) is 0 Å². The number of nitrogens with one attached hydrogen (secondary N) is 1. The molecule has 0 aliphatic carbocycles. The Balaban J connectivity index is 1.36. The number of para-hydroxylation sites is 1. The molecule has 1 saturated heterocycles. The van der Waals surface area contributed by atoms with Crippen molar-refractivity contribution in [3.05, 3.63) is 71.8 Å². The van der Waals surface area contributed by atoms with Gasteiger partial charge in [-0.05, 0) is 56.5 Å².